The molecule has 1 saturated carbocycles. The molecule has 2 aromatic rings. The highest BCUT2D eigenvalue weighted by Crippen LogP contribution is 2.28. The van der Waals surface area contributed by atoms with Gasteiger partial charge in [-0.1, -0.05) is 39.3 Å². The largest absolute Gasteiger partial charge is 0.350 e. The standard InChI is InChI=1S/C30H43N5O3S2/c1-4-21-10-11-23-26(16-21)40-28(33-23)17-24(32-27(36)5-2)30(38)34-25(22-8-6-7-9-22)18-31-29(37)20(3)19-35-12-14-39-15-13-35/h10-11,16,22,24-25H,3-9,12-15,17-19H2,1-2H3,(H,31,37)(H,32,36)(H,34,38)/t24-,25+/m0/s1. The summed E-state index contributed by atoms with van der Waals surface area (Å²) in [5.74, 6) is 1.88. The van der Waals surface area contributed by atoms with E-state index in [0.717, 1.165) is 71.9 Å². The molecule has 0 bridgehead atoms. The number of fused-ring (bicyclic) bond motifs is 1. The lowest BCUT2D eigenvalue weighted by Gasteiger charge is -2.29. The predicted molar refractivity (Wildman–Crippen MR) is 165 cm³/mol. The van der Waals surface area contributed by atoms with Crippen LogP contribution in [0, 0.1) is 5.92 Å². The molecule has 1 saturated heterocycles. The fourth-order valence-corrected chi connectivity index (χ4v) is 7.47. The zero-order valence-corrected chi connectivity index (χ0v) is 25.4. The van der Waals surface area contributed by atoms with Crippen LogP contribution in [0.2, 0.25) is 0 Å². The molecule has 2 aliphatic rings. The van der Waals surface area contributed by atoms with E-state index < -0.39 is 6.04 Å². The van der Waals surface area contributed by atoms with Crippen LogP contribution in [0.1, 0.15) is 56.5 Å². The zero-order valence-electron chi connectivity index (χ0n) is 23.8. The normalized spacial score (nSPS) is 17.9. The maximum absolute atomic E-state index is 13.6. The molecule has 4 rings (SSSR count). The zero-order chi connectivity index (χ0) is 28.5. The molecule has 1 aromatic heterocycles. The van der Waals surface area contributed by atoms with Gasteiger partial charge in [0.25, 0.3) is 0 Å². The van der Waals surface area contributed by atoms with Gasteiger partial charge < -0.3 is 16.0 Å². The quantitative estimate of drug-likeness (QED) is 0.310. The number of aromatic nitrogens is 1. The molecule has 0 unspecified atom stereocenters. The van der Waals surface area contributed by atoms with Crippen LogP contribution in [0.3, 0.4) is 0 Å². The van der Waals surface area contributed by atoms with Crippen LogP contribution in [-0.2, 0) is 27.2 Å². The van der Waals surface area contributed by atoms with Gasteiger partial charge in [-0.25, -0.2) is 4.98 Å². The van der Waals surface area contributed by atoms with Crippen molar-refractivity contribution in [1.82, 2.24) is 25.8 Å². The van der Waals surface area contributed by atoms with E-state index in [2.05, 4.69) is 46.5 Å². The third kappa shape index (κ3) is 8.54. The van der Waals surface area contributed by atoms with Gasteiger partial charge in [-0.3, -0.25) is 19.3 Å². The molecule has 2 fully saturated rings. The maximum Gasteiger partial charge on any atom is 0.247 e. The Morgan fingerprint density at radius 1 is 1.12 bits per heavy atom. The van der Waals surface area contributed by atoms with Crippen molar-refractivity contribution in [2.75, 3.05) is 37.7 Å². The number of carbonyl (C=O) groups is 3. The Balaban J connectivity index is 1.41. The van der Waals surface area contributed by atoms with Gasteiger partial charge >= 0.3 is 0 Å². The second kappa shape index (κ2) is 15.0. The predicted octanol–water partition coefficient (Wildman–Crippen LogP) is 3.69. The van der Waals surface area contributed by atoms with E-state index in [-0.39, 0.29) is 29.7 Å². The molecule has 1 aromatic carbocycles. The van der Waals surface area contributed by atoms with E-state index in [4.69, 9.17) is 4.98 Å². The fraction of sp³-hybridized carbons (Fsp3) is 0.600. The van der Waals surface area contributed by atoms with Crippen molar-refractivity contribution in [2.45, 2.75) is 70.9 Å². The average Bonchev–Trinajstić information content (AvgIpc) is 3.64. The van der Waals surface area contributed by atoms with Gasteiger partial charge in [-0.05, 0) is 42.9 Å². The van der Waals surface area contributed by atoms with Crippen molar-refractivity contribution >= 4 is 51.0 Å². The molecule has 1 aliphatic carbocycles. The Hall–Kier alpha value is -2.43. The number of thiazole rings is 1. The molecule has 0 spiro atoms. The van der Waals surface area contributed by atoms with E-state index in [1.165, 1.54) is 5.56 Å². The fourth-order valence-electron chi connectivity index (χ4n) is 5.41. The molecule has 0 radical (unpaired) electrons. The molecule has 2 heterocycles. The molecule has 2 atom stereocenters. The van der Waals surface area contributed by atoms with Gasteiger partial charge in [0.15, 0.2) is 0 Å². The first-order valence-corrected chi connectivity index (χ1v) is 16.6. The monoisotopic (exact) mass is 585 g/mol. The number of amides is 3. The number of rotatable bonds is 13. The van der Waals surface area contributed by atoms with Gasteiger partial charge in [-0.2, -0.15) is 11.8 Å². The average molecular weight is 586 g/mol. The summed E-state index contributed by atoms with van der Waals surface area (Å²) in [7, 11) is 0. The summed E-state index contributed by atoms with van der Waals surface area (Å²) in [4.78, 5) is 45.9. The molecule has 40 heavy (non-hydrogen) atoms. The highest BCUT2D eigenvalue weighted by molar-refractivity contribution is 7.99. The van der Waals surface area contributed by atoms with Crippen molar-refractivity contribution < 1.29 is 14.4 Å². The number of nitrogens with zero attached hydrogens (tertiary/aromatic N) is 2. The third-order valence-corrected chi connectivity index (χ3v) is 9.86. The van der Waals surface area contributed by atoms with Crippen LogP contribution < -0.4 is 16.0 Å². The van der Waals surface area contributed by atoms with E-state index >= 15 is 0 Å². The van der Waals surface area contributed by atoms with Gasteiger partial charge in [0.05, 0.1) is 15.2 Å². The third-order valence-electron chi connectivity index (χ3n) is 7.88. The Morgan fingerprint density at radius 3 is 2.58 bits per heavy atom. The summed E-state index contributed by atoms with van der Waals surface area (Å²) in [5, 5.41) is 9.97. The highest BCUT2D eigenvalue weighted by atomic mass is 32.2. The van der Waals surface area contributed by atoms with Crippen LogP contribution in [0.25, 0.3) is 10.2 Å². The summed E-state index contributed by atoms with van der Waals surface area (Å²) in [6.45, 7) is 10.8. The first-order valence-electron chi connectivity index (χ1n) is 14.6. The summed E-state index contributed by atoms with van der Waals surface area (Å²) >= 11 is 3.50. The number of aryl methyl sites for hydroxylation is 1. The minimum Gasteiger partial charge on any atom is -0.350 e. The van der Waals surface area contributed by atoms with Crippen LogP contribution in [-0.4, -0.2) is 77.4 Å². The molecular formula is C30H43N5O3S2. The van der Waals surface area contributed by atoms with Crippen LogP contribution in [0.15, 0.2) is 30.4 Å². The molecule has 218 valence electrons. The van der Waals surface area contributed by atoms with Crippen molar-refractivity contribution in [2.24, 2.45) is 5.92 Å². The lowest BCUT2D eigenvalue weighted by molar-refractivity contribution is -0.129. The lowest BCUT2D eigenvalue weighted by Crippen LogP contribution is -2.55. The summed E-state index contributed by atoms with van der Waals surface area (Å²) in [5.41, 5.74) is 2.71. The minimum absolute atomic E-state index is 0.160. The number of carbonyl (C=O) groups excluding carboxylic acids is 3. The molecule has 1 aliphatic heterocycles. The number of hydrogen-bond donors (Lipinski definition) is 3. The number of nitrogens with one attached hydrogen (secondary N) is 3. The van der Waals surface area contributed by atoms with Gasteiger partial charge in [0.2, 0.25) is 17.7 Å². The smallest absolute Gasteiger partial charge is 0.247 e. The van der Waals surface area contributed by atoms with Crippen molar-refractivity contribution in [1.29, 1.82) is 0 Å². The summed E-state index contributed by atoms with van der Waals surface area (Å²) in [6.07, 6.45) is 5.83. The SMILES string of the molecule is C=C(CN1CCSCC1)C(=O)NC[C@@H](NC(=O)[C@H](Cc1nc2ccc(CC)cc2s1)NC(=O)CC)C1CCCC1. The van der Waals surface area contributed by atoms with Crippen molar-refractivity contribution in [3.8, 4) is 0 Å². The first kappa shape index (κ1) is 30.5. The Labute approximate surface area is 246 Å². The van der Waals surface area contributed by atoms with Crippen molar-refractivity contribution in [3.05, 3.63) is 40.9 Å². The van der Waals surface area contributed by atoms with Crippen molar-refractivity contribution in [3.63, 3.8) is 0 Å². The molecule has 3 amide bonds. The summed E-state index contributed by atoms with van der Waals surface area (Å²) < 4.78 is 1.09. The minimum atomic E-state index is -0.731. The molecule has 10 heteroatoms. The highest BCUT2D eigenvalue weighted by Gasteiger charge is 2.31. The lowest BCUT2D eigenvalue weighted by atomic mass is 9.97. The molecular weight excluding hydrogens is 542 g/mol. The Bertz CT molecular complexity index is 1190. The topological polar surface area (TPSA) is 103 Å². The van der Waals surface area contributed by atoms with E-state index in [0.29, 0.717) is 31.5 Å². The van der Waals surface area contributed by atoms with Gasteiger partial charge in [-0.15, -0.1) is 11.3 Å². The molecule has 8 nitrogen and oxygen atoms in total. The molecule has 3 N–H and O–H groups in total. The Morgan fingerprint density at radius 2 is 1.88 bits per heavy atom. The van der Waals surface area contributed by atoms with Crippen LogP contribution in [0.5, 0.6) is 0 Å². The summed E-state index contributed by atoms with van der Waals surface area (Å²) in [6, 6.07) is 5.31. The Kier molecular flexibility index (Phi) is 11.4. The van der Waals surface area contributed by atoms with Crippen LogP contribution in [0.4, 0.5) is 0 Å². The van der Waals surface area contributed by atoms with Gasteiger partial charge in [0, 0.05) is 62.1 Å². The number of hydrogen-bond acceptors (Lipinski definition) is 7. The van der Waals surface area contributed by atoms with Gasteiger partial charge in [0.1, 0.15) is 6.04 Å². The number of thioether (sulfide) groups is 1. The first-order chi connectivity index (χ1) is 19.4. The van der Waals surface area contributed by atoms with Crippen LogP contribution >= 0.6 is 23.1 Å². The maximum atomic E-state index is 13.6. The second-order valence-electron chi connectivity index (χ2n) is 10.8. The second-order valence-corrected chi connectivity index (χ2v) is 13.1. The van der Waals surface area contributed by atoms with E-state index in [1.54, 1.807) is 18.3 Å². The van der Waals surface area contributed by atoms with E-state index in [9.17, 15) is 14.4 Å². The number of benzene rings is 1. The van der Waals surface area contributed by atoms with E-state index in [1.807, 2.05) is 17.8 Å².